The Balaban J connectivity index is 0.00000220. The summed E-state index contributed by atoms with van der Waals surface area (Å²) in [5.41, 5.74) is 0. The van der Waals surface area contributed by atoms with Gasteiger partial charge in [0, 0.05) is 16.6 Å². The summed E-state index contributed by atoms with van der Waals surface area (Å²) in [5.74, 6) is 0.643. The molecule has 0 aliphatic carbocycles. The number of nitrogens with one attached hydrogen (secondary N) is 2. The predicted octanol–water partition coefficient (Wildman–Crippen LogP) is 2.89. The van der Waals surface area contributed by atoms with E-state index in [9.17, 15) is 4.79 Å². The Labute approximate surface area is 140 Å². The Hall–Kier alpha value is -0.780. The zero-order valence-electron chi connectivity index (χ0n) is 12.3. The van der Waals surface area contributed by atoms with Crippen molar-refractivity contribution in [2.75, 3.05) is 6.54 Å². The average Bonchev–Trinajstić information content (AvgIpc) is 2.38. The molecule has 0 radical (unpaired) electrons. The summed E-state index contributed by atoms with van der Waals surface area (Å²) in [4.78, 5) is 12.1. The Kier molecular flexibility index (Phi) is 7.49. The minimum Gasteiger partial charge on any atom is -0.481 e. The highest BCUT2D eigenvalue weighted by Crippen LogP contribution is 2.19. The molecule has 1 aromatic rings. The van der Waals surface area contributed by atoms with E-state index in [1.54, 1.807) is 6.92 Å². The van der Waals surface area contributed by atoms with Crippen LogP contribution in [0.4, 0.5) is 0 Å². The van der Waals surface area contributed by atoms with Crippen molar-refractivity contribution in [3.63, 3.8) is 0 Å². The van der Waals surface area contributed by atoms with Crippen LogP contribution in [-0.2, 0) is 4.79 Å². The maximum absolute atomic E-state index is 12.1. The summed E-state index contributed by atoms with van der Waals surface area (Å²) in [7, 11) is 0. The van der Waals surface area contributed by atoms with E-state index in [-0.39, 0.29) is 24.4 Å². The van der Waals surface area contributed by atoms with Gasteiger partial charge in [0.05, 0.1) is 0 Å². The van der Waals surface area contributed by atoms with Gasteiger partial charge in [-0.25, -0.2) is 0 Å². The molecule has 0 bridgehead atoms. The summed E-state index contributed by atoms with van der Waals surface area (Å²) in [6.45, 7) is 4.87. The number of carbonyl (C=O) groups excluding carboxylic acids is 1. The maximum Gasteiger partial charge on any atom is 0.260 e. The number of amides is 1. The SMILES string of the molecule is CC1CC(NC(=O)C(C)Oc2cccc(Br)c2)CCN1.Cl. The fraction of sp³-hybridized carbons (Fsp3) is 0.533. The van der Waals surface area contributed by atoms with Crippen molar-refractivity contribution in [2.24, 2.45) is 0 Å². The molecular formula is C15H22BrClN2O2. The van der Waals surface area contributed by atoms with Gasteiger partial charge < -0.3 is 15.4 Å². The third kappa shape index (κ3) is 5.85. The lowest BCUT2D eigenvalue weighted by atomic mass is 10.0. The van der Waals surface area contributed by atoms with Gasteiger partial charge >= 0.3 is 0 Å². The fourth-order valence-corrected chi connectivity index (χ4v) is 2.76. The molecule has 3 unspecified atom stereocenters. The number of hydrogen-bond donors (Lipinski definition) is 2. The highest BCUT2D eigenvalue weighted by molar-refractivity contribution is 9.10. The second kappa shape index (κ2) is 8.61. The molecule has 1 saturated heterocycles. The molecule has 0 saturated carbocycles. The van der Waals surface area contributed by atoms with Crippen molar-refractivity contribution < 1.29 is 9.53 Å². The lowest BCUT2D eigenvalue weighted by molar-refractivity contribution is -0.128. The van der Waals surface area contributed by atoms with Gasteiger partial charge in [-0.15, -0.1) is 12.4 Å². The standard InChI is InChI=1S/C15H21BrN2O2.ClH/c1-10-8-13(6-7-17-10)18-15(19)11(2)20-14-5-3-4-12(16)9-14;/h3-5,9-11,13,17H,6-8H2,1-2H3,(H,18,19);1H. The number of hydrogen-bond acceptors (Lipinski definition) is 3. The van der Waals surface area contributed by atoms with Crippen LogP contribution in [0.1, 0.15) is 26.7 Å². The fourth-order valence-electron chi connectivity index (χ4n) is 2.38. The Bertz CT molecular complexity index is 473. The van der Waals surface area contributed by atoms with Gasteiger partial charge in [0.15, 0.2) is 6.10 Å². The van der Waals surface area contributed by atoms with E-state index in [0.29, 0.717) is 11.8 Å². The third-order valence-electron chi connectivity index (χ3n) is 3.45. The zero-order valence-corrected chi connectivity index (χ0v) is 14.7. The van der Waals surface area contributed by atoms with Crippen LogP contribution in [0, 0.1) is 0 Å². The van der Waals surface area contributed by atoms with Gasteiger partial charge in [-0.05, 0) is 51.4 Å². The first-order valence-electron chi connectivity index (χ1n) is 7.00. The first-order valence-corrected chi connectivity index (χ1v) is 7.80. The van der Waals surface area contributed by atoms with Crippen LogP contribution >= 0.6 is 28.3 Å². The molecule has 1 heterocycles. The van der Waals surface area contributed by atoms with E-state index in [0.717, 1.165) is 23.9 Å². The monoisotopic (exact) mass is 376 g/mol. The number of carbonyl (C=O) groups is 1. The smallest absolute Gasteiger partial charge is 0.260 e. The molecule has 2 rings (SSSR count). The topological polar surface area (TPSA) is 50.4 Å². The van der Waals surface area contributed by atoms with Gasteiger partial charge in [0.1, 0.15) is 5.75 Å². The predicted molar refractivity (Wildman–Crippen MR) is 90.1 cm³/mol. The minimum atomic E-state index is -0.491. The Morgan fingerprint density at radius 2 is 2.29 bits per heavy atom. The van der Waals surface area contributed by atoms with Crippen molar-refractivity contribution >= 4 is 34.2 Å². The van der Waals surface area contributed by atoms with E-state index in [1.807, 2.05) is 24.3 Å². The number of benzene rings is 1. The van der Waals surface area contributed by atoms with Crippen LogP contribution < -0.4 is 15.4 Å². The van der Waals surface area contributed by atoms with Gasteiger partial charge in [-0.3, -0.25) is 4.79 Å². The van der Waals surface area contributed by atoms with E-state index in [2.05, 4.69) is 33.5 Å². The lowest BCUT2D eigenvalue weighted by Gasteiger charge is -2.29. The highest BCUT2D eigenvalue weighted by atomic mass is 79.9. The van der Waals surface area contributed by atoms with Crippen molar-refractivity contribution in [1.29, 1.82) is 0 Å². The molecule has 21 heavy (non-hydrogen) atoms. The van der Waals surface area contributed by atoms with Gasteiger partial charge in [0.25, 0.3) is 5.91 Å². The van der Waals surface area contributed by atoms with E-state index in [1.165, 1.54) is 0 Å². The first-order chi connectivity index (χ1) is 9.54. The zero-order chi connectivity index (χ0) is 14.5. The molecule has 1 aromatic carbocycles. The molecule has 1 aliphatic heterocycles. The van der Waals surface area contributed by atoms with Crippen molar-refractivity contribution in [1.82, 2.24) is 10.6 Å². The molecular weight excluding hydrogens is 356 g/mol. The summed E-state index contributed by atoms with van der Waals surface area (Å²) < 4.78 is 6.61. The maximum atomic E-state index is 12.1. The molecule has 1 fully saturated rings. The Morgan fingerprint density at radius 3 is 2.95 bits per heavy atom. The minimum absolute atomic E-state index is 0. The van der Waals surface area contributed by atoms with Crippen molar-refractivity contribution in [3.8, 4) is 5.75 Å². The number of ether oxygens (including phenoxy) is 1. The number of piperidine rings is 1. The lowest BCUT2D eigenvalue weighted by Crippen LogP contribution is -2.49. The largest absolute Gasteiger partial charge is 0.481 e. The average molecular weight is 378 g/mol. The van der Waals surface area contributed by atoms with Crippen LogP contribution in [0.5, 0.6) is 5.75 Å². The molecule has 6 heteroatoms. The van der Waals surface area contributed by atoms with E-state index >= 15 is 0 Å². The number of rotatable bonds is 4. The summed E-state index contributed by atoms with van der Waals surface area (Å²) in [5, 5.41) is 6.44. The third-order valence-corrected chi connectivity index (χ3v) is 3.94. The second-order valence-electron chi connectivity index (χ2n) is 5.30. The molecule has 118 valence electrons. The van der Waals surface area contributed by atoms with Gasteiger partial charge in [0.2, 0.25) is 0 Å². The quantitative estimate of drug-likeness (QED) is 0.848. The Morgan fingerprint density at radius 1 is 1.52 bits per heavy atom. The van der Waals surface area contributed by atoms with Crippen LogP contribution in [0.2, 0.25) is 0 Å². The first kappa shape index (κ1) is 18.3. The summed E-state index contributed by atoms with van der Waals surface area (Å²) >= 11 is 3.39. The molecule has 3 atom stereocenters. The highest BCUT2D eigenvalue weighted by Gasteiger charge is 2.23. The molecule has 2 N–H and O–H groups in total. The molecule has 4 nitrogen and oxygen atoms in total. The van der Waals surface area contributed by atoms with Crippen LogP contribution in [-0.4, -0.2) is 30.6 Å². The number of halogens is 2. The summed E-state index contributed by atoms with van der Waals surface area (Å²) in [6, 6.07) is 8.21. The molecule has 0 spiro atoms. The van der Waals surface area contributed by atoms with Gasteiger partial charge in [-0.1, -0.05) is 22.0 Å². The van der Waals surface area contributed by atoms with E-state index < -0.39 is 6.10 Å². The van der Waals surface area contributed by atoms with Gasteiger partial charge in [-0.2, -0.15) is 0 Å². The molecule has 0 aromatic heterocycles. The second-order valence-corrected chi connectivity index (χ2v) is 6.22. The van der Waals surface area contributed by atoms with Crippen molar-refractivity contribution in [3.05, 3.63) is 28.7 Å². The van der Waals surface area contributed by atoms with E-state index in [4.69, 9.17) is 4.74 Å². The molecule has 1 amide bonds. The van der Waals surface area contributed by atoms with Crippen LogP contribution in [0.15, 0.2) is 28.7 Å². The van der Waals surface area contributed by atoms with Crippen LogP contribution in [0.25, 0.3) is 0 Å². The summed E-state index contributed by atoms with van der Waals surface area (Å²) in [6.07, 6.45) is 1.45. The normalized spacial score (nSPS) is 22.8. The molecule has 1 aliphatic rings. The van der Waals surface area contributed by atoms with Crippen LogP contribution in [0.3, 0.4) is 0 Å². The van der Waals surface area contributed by atoms with Crippen molar-refractivity contribution in [2.45, 2.75) is 44.9 Å².